The van der Waals surface area contributed by atoms with Crippen LogP contribution in [0.1, 0.15) is 24.6 Å². The van der Waals surface area contributed by atoms with Crippen molar-refractivity contribution in [3.8, 4) is 0 Å². The van der Waals surface area contributed by atoms with Crippen molar-refractivity contribution in [3.05, 3.63) is 29.6 Å². The van der Waals surface area contributed by atoms with Gasteiger partial charge in [0, 0.05) is 18.8 Å². The summed E-state index contributed by atoms with van der Waals surface area (Å²) in [6.07, 6.45) is 2.79. The predicted molar refractivity (Wildman–Crippen MR) is 57.0 cm³/mol. The van der Waals surface area contributed by atoms with Crippen molar-refractivity contribution in [3.63, 3.8) is 0 Å². The lowest BCUT2D eigenvalue weighted by Gasteiger charge is -2.13. The van der Waals surface area contributed by atoms with E-state index >= 15 is 0 Å². The highest BCUT2D eigenvalue weighted by molar-refractivity contribution is 5.11. The number of aliphatic hydroxyl groups excluding tert-OH is 1. The Bertz CT molecular complexity index is 254. The van der Waals surface area contributed by atoms with Gasteiger partial charge in [-0.2, -0.15) is 0 Å². The van der Waals surface area contributed by atoms with Crippen molar-refractivity contribution in [2.45, 2.75) is 32.9 Å². The number of nitrogens with one attached hydrogen (secondary N) is 1. The average Bonchev–Trinajstić information content (AvgIpc) is 2.22. The number of hydrogen-bond acceptors (Lipinski definition) is 3. The third-order valence-electron chi connectivity index (χ3n) is 2.26. The third-order valence-corrected chi connectivity index (χ3v) is 2.26. The van der Waals surface area contributed by atoms with E-state index in [4.69, 9.17) is 5.11 Å². The van der Waals surface area contributed by atoms with Gasteiger partial charge in [0.2, 0.25) is 0 Å². The summed E-state index contributed by atoms with van der Waals surface area (Å²) in [5, 5.41) is 12.2. The van der Waals surface area contributed by atoms with Crippen molar-refractivity contribution in [1.29, 1.82) is 0 Å². The molecule has 0 aromatic carbocycles. The van der Waals surface area contributed by atoms with E-state index < -0.39 is 0 Å². The summed E-state index contributed by atoms with van der Waals surface area (Å²) in [5.41, 5.74) is 2.19. The SMILES string of the molecule is CC[C@H](CO)NCc1ccc(C)cn1. The molecule has 1 atom stereocenters. The zero-order valence-corrected chi connectivity index (χ0v) is 8.83. The number of hydrogen-bond donors (Lipinski definition) is 2. The van der Waals surface area contributed by atoms with Crippen LogP contribution in [0.15, 0.2) is 18.3 Å². The van der Waals surface area contributed by atoms with Gasteiger partial charge in [-0.15, -0.1) is 0 Å². The summed E-state index contributed by atoms with van der Waals surface area (Å²) in [7, 11) is 0. The second-order valence-corrected chi connectivity index (χ2v) is 3.50. The summed E-state index contributed by atoms with van der Waals surface area (Å²) in [4.78, 5) is 4.27. The third kappa shape index (κ3) is 3.44. The number of pyridine rings is 1. The lowest BCUT2D eigenvalue weighted by Crippen LogP contribution is -2.31. The first-order valence-corrected chi connectivity index (χ1v) is 5.02. The van der Waals surface area contributed by atoms with E-state index in [2.05, 4.69) is 17.2 Å². The van der Waals surface area contributed by atoms with Gasteiger partial charge in [-0.05, 0) is 25.0 Å². The molecule has 0 bridgehead atoms. The van der Waals surface area contributed by atoms with Crippen LogP contribution in [0.5, 0.6) is 0 Å². The van der Waals surface area contributed by atoms with Crippen LogP contribution >= 0.6 is 0 Å². The van der Waals surface area contributed by atoms with Crippen molar-refractivity contribution >= 4 is 0 Å². The maximum atomic E-state index is 8.97. The minimum absolute atomic E-state index is 0.179. The van der Waals surface area contributed by atoms with Crippen LogP contribution < -0.4 is 5.32 Å². The van der Waals surface area contributed by atoms with Gasteiger partial charge >= 0.3 is 0 Å². The lowest BCUT2D eigenvalue weighted by atomic mass is 10.2. The Kier molecular flexibility index (Phi) is 4.56. The first-order chi connectivity index (χ1) is 6.76. The van der Waals surface area contributed by atoms with Crippen molar-refractivity contribution < 1.29 is 5.11 Å². The maximum absolute atomic E-state index is 8.97. The highest BCUT2D eigenvalue weighted by Crippen LogP contribution is 1.99. The lowest BCUT2D eigenvalue weighted by molar-refractivity contribution is 0.238. The molecule has 1 aromatic heterocycles. The Morgan fingerprint density at radius 1 is 1.50 bits per heavy atom. The molecule has 3 nitrogen and oxygen atoms in total. The molecule has 3 heteroatoms. The Morgan fingerprint density at radius 3 is 2.79 bits per heavy atom. The van der Waals surface area contributed by atoms with Crippen LogP contribution in [-0.2, 0) is 6.54 Å². The molecule has 0 fully saturated rings. The second-order valence-electron chi connectivity index (χ2n) is 3.50. The van der Waals surface area contributed by atoms with Crippen LogP contribution in [0, 0.1) is 6.92 Å². The Labute approximate surface area is 85.2 Å². The quantitative estimate of drug-likeness (QED) is 0.741. The molecular formula is C11H18N2O. The summed E-state index contributed by atoms with van der Waals surface area (Å²) in [6.45, 7) is 4.98. The number of rotatable bonds is 5. The highest BCUT2D eigenvalue weighted by atomic mass is 16.3. The molecule has 0 unspecified atom stereocenters. The van der Waals surface area contributed by atoms with Gasteiger partial charge in [0.1, 0.15) is 0 Å². The smallest absolute Gasteiger partial charge is 0.0584 e. The molecule has 2 N–H and O–H groups in total. The summed E-state index contributed by atoms with van der Waals surface area (Å²) in [6, 6.07) is 4.23. The van der Waals surface area contributed by atoms with E-state index in [1.165, 1.54) is 5.56 Å². The number of aromatic nitrogens is 1. The Morgan fingerprint density at radius 2 is 2.29 bits per heavy atom. The van der Waals surface area contributed by atoms with E-state index in [1.54, 1.807) is 0 Å². The fraction of sp³-hybridized carbons (Fsp3) is 0.545. The van der Waals surface area contributed by atoms with Crippen molar-refractivity contribution in [1.82, 2.24) is 10.3 Å². The van der Waals surface area contributed by atoms with Gasteiger partial charge in [0.05, 0.1) is 12.3 Å². The normalized spacial score (nSPS) is 12.8. The molecule has 0 saturated carbocycles. The van der Waals surface area contributed by atoms with Gasteiger partial charge in [-0.3, -0.25) is 4.98 Å². The summed E-state index contributed by atoms with van der Waals surface area (Å²) >= 11 is 0. The van der Waals surface area contributed by atoms with Crippen LogP contribution in [0.2, 0.25) is 0 Å². The van der Waals surface area contributed by atoms with Crippen LogP contribution in [-0.4, -0.2) is 22.7 Å². The molecule has 0 aliphatic carbocycles. The van der Waals surface area contributed by atoms with E-state index in [0.29, 0.717) is 0 Å². The molecule has 0 aliphatic heterocycles. The van der Waals surface area contributed by atoms with Gasteiger partial charge in [-0.25, -0.2) is 0 Å². The number of aryl methyl sites for hydroxylation is 1. The first-order valence-electron chi connectivity index (χ1n) is 5.02. The molecule has 0 radical (unpaired) electrons. The van der Waals surface area contributed by atoms with E-state index in [9.17, 15) is 0 Å². The Balaban J connectivity index is 2.41. The van der Waals surface area contributed by atoms with Gasteiger partial charge < -0.3 is 10.4 Å². The maximum Gasteiger partial charge on any atom is 0.0584 e. The second kappa shape index (κ2) is 5.73. The molecule has 14 heavy (non-hydrogen) atoms. The minimum Gasteiger partial charge on any atom is -0.395 e. The average molecular weight is 194 g/mol. The number of aliphatic hydroxyl groups is 1. The van der Waals surface area contributed by atoms with Gasteiger partial charge in [0.15, 0.2) is 0 Å². The van der Waals surface area contributed by atoms with E-state index in [0.717, 1.165) is 18.7 Å². The molecule has 0 spiro atoms. The number of nitrogens with zero attached hydrogens (tertiary/aromatic N) is 1. The van der Waals surface area contributed by atoms with E-state index in [1.807, 2.05) is 25.3 Å². The topological polar surface area (TPSA) is 45.1 Å². The van der Waals surface area contributed by atoms with Crippen molar-refractivity contribution in [2.75, 3.05) is 6.61 Å². The van der Waals surface area contributed by atoms with Gasteiger partial charge in [0.25, 0.3) is 0 Å². The highest BCUT2D eigenvalue weighted by Gasteiger charge is 2.03. The molecule has 0 amide bonds. The fourth-order valence-corrected chi connectivity index (χ4v) is 1.19. The summed E-state index contributed by atoms with van der Waals surface area (Å²) in [5.74, 6) is 0. The monoisotopic (exact) mass is 194 g/mol. The largest absolute Gasteiger partial charge is 0.395 e. The molecule has 78 valence electrons. The van der Waals surface area contributed by atoms with Crippen LogP contribution in [0.4, 0.5) is 0 Å². The van der Waals surface area contributed by atoms with Crippen LogP contribution in [0.25, 0.3) is 0 Å². The predicted octanol–water partition coefficient (Wildman–Crippen LogP) is 1.25. The molecule has 1 aromatic rings. The molecule has 0 aliphatic rings. The van der Waals surface area contributed by atoms with E-state index in [-0.39, 0.29) is 12.6 Å². The standard InChI is InChI=1S/C11H18N2O/c1-3-10(8-14)13-7-11-5-4-9(2)6-12-11/h4-6,10,13-14H,3,7-8H2,1-2H3/t10-/m1/s1. The zero-order chi connectivity index (χ0) is 10.4. The molecule has 1 heterocycles. The summed E-state index contributed by atoms with van der Waals surface area (Å²) < 4.78 is 0. The first kappa shape index (κ1) is 11.1. The minimum atomic E-state index is 0.179. The van der Waals surface area contributed by atoms with Crippen LogP contribution in [0.3, 0.4) is 0 Å². The fourth-order valence-electron chi connectivity index (χ4n) is 1.19. The van der Waals surface area contributed by atoms with Gasteiger partial charge in [-0.1, -0.05) is 13.0 Å². The molecular weight excluding hydrogens is 176 g/mol. The molecule has 1 rings (SSSR count). The Hall–Kier alpha value is -0.930. The molecule has 0 saturated heterocycles. The zero-order valence-electron chi connectivity index (χ0n) is 8.83. The van der Waals surface area contributed by atoms with Crippen molar-refractivity contribution in [2.24, 2.45) is 0 Å².